The van der Waals surface area contributed by atoms with Crippen molar-refractivity contribution in [2.45, 2.75) is 83.1 Å². The van der Waals surface area contributed by atoms with Gasteiger partial charge in [-0.2, -0.15) is 0 Å². The molecule has 0 amide bonds. The monoisotopic (exact) mass is 801 g/mol. The third-order valence-electron chi connectivity index (χ3n) is 8.63. The number of pyridine rings is 2. The molecule has 4 aromatic carbocycles. The maximum Gasteiger partial charge on any atom is 0.134 e. The van der Waals surface area contributed by atoms with Gasteiger partial charge < -0.3 is 9.40 Å². The number of rotatable bonds is 0. The van der Waals surface area contributed by atoms with Gasteiger partial charge in [0.2, 0.25) is 0 Å². The molecule has 5 aromatic heterocycles. The molecule has 5 heteroatoms. The second-order valence-electron chi connectivity index (χ2n) is 14.9. The van der Waals surface area contributed by atoms with E-state index in [-0.39, 0.29) is 0 Å². The predicted octanol–water partition coefficient (Wildman–Crippen LogP) is 15.6. The zero-order valence-corrected chi connectivity index (χ0v) is 38.0. The normalized spacial score (nSPS) is 9.69. The van der Waals surface area contributed by atoms with Crippen LogP contribution in [0.3, 0.4) is 0 Å². The molecule has 5 heterocycles. The summed E-state index contributed by atoms with van der Waals surface area (Å²) in [6, 6.07) is 50.0. The quantitative estimate of drug-likeness (QED) is 0.166. The lowest BCUT2D eigenvalue weighted by Gasteiger charge is -1.90. The number of aromatic nitrogens is 3. The highest BCUT2D eigenvalue weighted by Gasteiger charge is 1.96. The van der Waals surface area contributed by atoms with Gasteiger partial charge in [-0.1, -0.05) is 119 Å². The van der Waals surface area contributed by atoms with Gasteiger partial charge in [0.05, 0.1) is 0 Å². The molecule has 0 aliphatic rings. The number of aryl methyl sites for hydroxylation is 12. The van der Waals surface area contributed by atoms with E-state index in [1.165, 1.54) is 65.1 Å². The van der Waals surface area contributed by atoms with Gasteiger partial charge in [0, 0.05) is 50.1 Å². The van der Waals surface area contributed by atoms with Crippen molar-refractivity contribution in [2.75, 3.05) is 0 Å². The van der Waals surface area contributed by atoms with Crippen molar-refractivity contribution in [1.82, 2.24) is 15.0 Å². The topological polar surface area (TPSA) is 54.7 Å². The average molecular weight is 802 g/mol. The molecule has 1 N–H and O–H groups in total. The molecule has 0 fully saturated rings. The molecule has 306 valence electrons. The Morgan fingerprint density at radius 1 is 0.407 bits per heavy atom. The summed E-state index contributed by atoms with van der Waals surface area (Å²) in [6.45, 7) is 24.6. The lowest BCUT2D eigenvalue weighted by Crippen LogP contribution is -1.78. The molecule has 0 radical (unpaired) electrons. The van der Waals surface area contributed by atoms with Crippen LogP contribution >= 0.6 is 11.3 Å². The molecule has 0 atom stereocenters. The van der Waals surface area contributed by atoms with E-state index in [4.69, 9.17) is 4.42 Å². The molecule has 0 aliphatic carbocycles. The number of hydrogen-bond donors (Lipinski definition) is 1. The molecule has 59 heavy (non-hydrogen) atoms. The number of para-hydroxylation sites is 1. The van der Waals surface area contributed by atoms with E-state index in [0.29, 0.717) is 0 Å². The number of aromatic amines is 1. The smallest absolute Gasteiger partial charge is 0.134 e. The molecule has 0 bridgehead atoms. The fourth-order valence-corrected chi connectivity index (χ4v) is 6.16. The van der Waals surface area contributed by atoms with E-state index >= 15 is 0 Å². The van der Waals surface area contributed by atoms with Crippen LogP contribution in [0.15, 0.2) is 162 Å². The molecule has 0 unspecified atom stereocenters. The minimum Gasteiger partial charge on any atom is -0.461 e. The van der Waals surface area contributed by atoms with E-state index in [0.717, 1.165) is 22.7 Å². The number of H-pyrrole nitrogens is 1. The van der Waals surface area contributed by atoms with E-state index < -0.39 is 0 Å². The van der Waals surface area contributed by atoms with Crippen molar-refractivity contribution in [3.63, 3.8) is 0 Å². The van der Waals surface area contributed by atoms with E-state index in [2.05, 4.69) is 153 Å². The van der Waals surface area contributed by atoms with Crippen molar-refractivity contribution < 1.29 is 4.42 Å². The van der Waals surface area contributed by atoms with Gasteiger partial charge in [-0.25, -0.2) is 0 Å². The highest BCUT2D eigenvalue weighted by Crippen LogP contribution is 2.23. The highest BCUT2D eigenvalue weighted by atomic mass is 32.1. The Balaban J connectivity index is 0.000000185. The van der Waals surface area contributed by atoms with Crippen molar-refractivity contribution in [2.24, 2.45) is 0 Å². The van der Waals surface area contributed by atoms with Gasteiger partial charge in [0.15, 0.2) is 0 Å². The SMILES string of the molecule is Cc1cc2ccccc2o1.Cc1cc2ccccc2s1.Cc1ccc(C)[nH]1.Cc1ccc(C)cc1.Cc1ccc(C)cc1.Cc1ccc(C)nc1.Cc1ccc(C)nc1. The van der Waals surface area contributed by atoms with Crippen LogP contribution in [0.25, 0.3) is 21.1 Å². The number of furan rings is 1. The molecular weight excluding hydrogens is 739 g/mol. The van der Waals surface area contributed by atoms with Gasteiger partial charge in [-0.05, 0) is 148 Å². The Labute approximate surface area is 358 Å². The third kappa shape index (κ3) is 19.8. The Kier molecular flexibility index (Phi) is 20.3. The van der Waals surface area contributed by atoms with E-state index in [1.807, 2.05) is 115 Å². The average Bonchev–Trinajstić information content (AvgIpc) is 3.93. The number of nitrogens with zero attached hydrogens (tertiary/aromatic N) is 2. The minimum atomic E-state index is 0.972. The molecule has 9 aromatic rings. The largest absolute Gasteiger partial charge is 0.461 e. The predicted molar refractivity (Wildman–Crippen MR) is 257 cm³/mol. The highest BCUT2D eigenvalue weighted by molar-refractivity contribution is 7.19. The lowest BCUT2D eigenvalue weighted by molar-refractivity contribution is 0.578. The summed E-state index contributed by atoms with van der Waals surface area (Å²) in [5.74, 6) is 0.973. The van der Waals surface area contributed by atoms with Gasteiger partial charge in [-0.3, -0.25) is 9.97 Å². The van der Waals surface area contributed by atoms with Crippen LogP contribution in [0.2, 0.25) is 0 Å². The first kappa shape index (κ1) is 47.3. The molecule has 0 saturated heterocycles. The summed E-state index contributed by atoms with van der Waals surface area (Å²) in [5, 5.41) is 2.55. The second-order valence-corrected chi connectivity index (χ2v) is 16.2. The zero-order valence-electron chi connectivity index (χ0n) is 37.2. The summed E-state index contributed by atoms with van der Waals surface area (Å²) < 4.78 is 6.76. The fourth-order valence-electron chi connectivity index (χ4n) is 5.23. The zero-order chi connectivity index (χ0) is 43.2. The number of nitrogens with one attached hydrogen (secondary N) is 1. The summed E-state index contributed by atoms with van der Waals surface area (Å²) in [7, 11) is 0. The van der Waals surface area contributed by atoms with Crippen molar-refractivity contribution in [3.05, 3.63) is 225 Å². The molecular formula is C54H63N3OS. The number of hydrogen-bond acceptors (Lipinski definition) is 4. The van der Waals surface area contributed by atoms with Crippen LogP contribution in [0.5, 0.6) is 0 Å². The molecule has 0 aliphatic heterocycles. The summed E-state index contributed by atoms with van der Waals surface area (Å²) in [5.41, 5.74) is 13.4. The lowest BCUT2D eigenvalue weighted by atomic mass is 10.2. The Hall–Kier alpha value is -6.04. The number of fused-ring (bicyclic) bond motifs is 2. The minimum absolute atomic E-state index is 0.972. The van der Waals surface area contributed by atoms with E-state index in [1.54, 1.807) is 0 Å². The van der Waals surface area contributed by atoms with Gasteiger partial charge in [-0.15, -0.1) is 11.3 Å². The van der Waals surface area contributed by atoms with Crippen LogP contribution in [-0.4, -0.2) is 15.0 Å². The Bertz CT molecular complexity index is 2070. The first-order valence-electron chi connectivity index (χ1n) is 20.0. The maximum atomic E-state index is 5.37. The maximum absolute atomic E-state index is 5.37. The summed E-state index contributed by atoms with van der Waals surface area (Å²) >= 11 is 1.85. The summed E-state index contributed by atoms with van der Waals surface area (Å²) in [4.78, 5) is 12.7. The van der Waals surface area contributed by atoms with Crippen LogP contribution in [0.1, 0.15) is 66.8 Å². The Morgan fingerprint density at radius 3 is 1.17 bits per heavy atom. The first-order chi connectivity index (χ1) is 28.2. The first-order valence-corrected chi connectivity index (χ1v) is 20.9. The van der Waals surface area contributed by atoms with Crippen LogP contribution in [0.4, 0.5) is 0 Å². The van der Waals surface area contributed by atoms with Crippen LogP contribution in [0, 0.1) is 83.1 Å². The molecule has 0 spiro atoms. The van der Waals surface area contributed by atoms with Crippen LogP contribution < -0.4 is 0 Å². The Morgan fingerprint density at radius 2 is 0.814 bits per heavy atom. The van der Waals surface area contributed by atoms with Gasteiger partial charge in [0.25, 0.3) is 0 Å². The van der Waals surface area contributed by atoms with Crippen molar-refractivity contribution in [1.29, 1.82) is 0 Å². The molecule has 9 rings (SSSR count). The van der Waals surface area contributed by atoms with E-state index in [9.17, 15) is 0 Å². The van der Waals surface area contributed by atoms with Crippen molar-refractivity contribution in [3.8, 4) is 0 Å². The van der Waals surface area contributed by atoms with Gasteiger partial charge in [0.1, 0.15) is 11.3 Å². The summed E-state index contributed by atoms with van der Waals surface area (Å²) in [6.07, 6.45) is 3.74. The fraction of sp³-hybridized carbons (Fsp3) is 0.222. The molecule has 0 saturated carbocycles. The van der Waals surface area contributed by atoms with Gasteiger partial charge >= 0.3 is 0 Å². The van der Waals surface area contributed by atoms with Crippen LogP contribution in [-0.2, 0) is 0 Å². The number of thiophene rings is 1. The second kappa shape index (κ2) is 25.3. The molecule has 4 nitrogen and oxygen atoms in total. The third-order valence-corrected chi connectivity index (χ3v) is 9.66. The van der Waals surface area contributed by atoms with Crippen molar-refractivity contribution >= 4 is 32.4 Å². The standard InChI is InChI=1S/C9H8O.C9H8S.2C8H10.2C7H9N.C6H9N/c2*1-7-6-8-4-2-3-5-9(8)10-7;2*1-7-3-5-8(2)6-4-7;2*1-6-3-4-7(2)8-5-6;1-5-3-4-6(2)7-5/h2*2-6H,1H3;2*3-6H,1-2H3;2*3-5H,1-2H3;3-4,7H,1-2H3. The number of benzene rings is 4.